The Morgan fingerprint density at radius 2 is 1.90 bits per heavy atom. The van der Waals surface area contributed by atoms with Gasteiger partial charge in [-0.2, -0.15) is 0 Å². The van der Waals surface area contributed by atoms with Crippen LogP contribution in [0.5, 0.6) is 5.88 Å². The number of carbonyl (C=O) groups excluding carboxylic acids is 2. The predicted molar refractivity (Wildman–Crippen MR) is 79.3 cm³/mol. The Kier molecular flexibility index (Phi) is 4.51. The summed E-state index contributed by atoms with van der Waals surface area (Å²) in [5.41, 5.74) is 0.708. The number of carbonyl (C=O) groups is 2. The van der Waals surface area contributed by atoms with Gasteiger partial charge in [-0.05, 0) is 24.3 Å². The second-order valence-corrected chi connectivity index (χ2v) is 5.65. The molecule has 20 heavy (non-hydrogen) atoms. The van der Waals surface area contributed by atoms with Crippen LogP contribution in [0.15, 0.2) is 39.1 Å². The molecule has 0 aliphatic carbocycles. The van der Waals surface area contributed by atoms with Crippen molar-refractivity contribution in [3.05, 3.63) is 38.9 Å². The van der Waals surface area contributed by atoms with Crippen LogP contribution in [0.1, 0.15) is 18.6 Å². The van der Waals surface area contributed by atoms with Crippen molar-refractivity contribution in [3.63, 3.8) is 0 Å². The maximum atomic E-state index is 11.7. The molecule has 0 spiro atoms. The molecular formula is C13H11BrN2O3S. The first kappa shape index (κ1) is 14.7. The number of thiazole rings is 1. The first-order chi connectivity index (χ1) is 9.47. The van der Waals surface area contributed by atoms with Crippen LogP contribution in [0.3, 0.4) is 0 Å². The number of hydrogen-bond donors (Lipinski definition) is 0. The van der Waals surface area contributed by atoms with Crippen molar-refractivity contribution in [1.82, 2.24) is 4.57 Å². The summed E-state index contributed by atoms with van der Waals surface area (Å²) >= 11 is 4.58. The van der Waals surface area contributed by atoms with Crippen LogP contribution in [0.25, 0.3) is 0 Å². The fourth-order valence-electron chi connectivity index (χ4n) is 1.51. The highest BCUT2D eigenvalue weighted by molar-refractivity contribution is 9.10. The molecule has 1 aromatic heterocycles. The van der Waals surface area contributed by atoms with Crippen molar-refractivity contribution < 1.29 is 14.3 Å². The van der Waals surface area contributed by atoms with E-state index in [-0.39, 0.29) is 11.8 Å². The third kappa shape index (κ3) is 3.43. The molecule has 0 unspecified atom stereocenters. The van der Waals surface area contributed by atoms with Gasteiger partial charge in [-0.15, -0.1) is 11.3 Å². The molecule has 0 fully saturated rings. The Hall–Kier alpha value is -1.73. The maximum absolute atomic E-state index is 11.7. The number of halogens is 1. The van der Waals surface area contributed by atoms with Crippen LogP contribution in [-0.4, -0.2) is 16.4 Å². The highest BCUT2D eigenvalue weighted by atomic mass is 79.9. The summed E-state index contributed by atoms with van der Waals surface area (Å²) in [6, 6.07) is 7.36. The van der Waals surface area contributed by atoms with Gasteiger partial charge in [0.2, 0.25) is 11.8 Å². The average Bonchev–Trinajstić information content (AvgIpc) is 2.74. The molecule has 2 aromatic rings. The van der Waals surface area contributed by atoms with E-state index in [0.717, 1.165) is 4.47 Å². The highest BCUT2D eigenvalue weighted by Crippen LogP contribution is 2.18. The van der Waals surface area contributed by atoms with Gasteiger partial charge in [0, 0.05) is 18.3 Å². The maximum Gasteiger partial charge on any atom is 0.309 e. The largest absolute Gasteiger partial charge is 0.408 e. The van der Waals surface area contributed by atoms with Gasteiger partial charge < -0.3 is 4.74 Å². The lowest BCUT2D eigenvalue weighted by molar-refractivity contribution is -0.132. The molecule has 1 heterocycles. The molecule has 0 N–H and O–H groups in total. The molecule has 104 valence electrons. The molecule has 7 heteroatoms. The lowest BCUT2D eigenvalue weighted by Crippen LogP contribution is -2.22. The second-order valence-electron chi connectivity index (χ2n) is 3.89. The van der Waals surface area contributed by atoms with Gasteiger partial charge in [-0.25, -0.2) is 9.56 Å². The summed E-state index contributed by atoms with van der Waals surface area (Å²) in [5.74, 6) is -0.558. The quantitative estimate of drug-likeness (QED) is 0.778. The van der Waals surface area contributed by atoms with Crippen molar-refractivity contribution >= 4 is 44.8 Å². The predicted octanol–water partition coefficient (Wildman–Crippen LogP) is 3.13. The van der Waals surface area contributed by atoms with Crippen LogP contribution in [0.2, 0.25) is 0 Å². The number of ether oxygens (including phenoxy) is 1. The SMILES string of the molecule is CC(=O)Oc1csc(=Nc2ccc(Br)cc2)n1C(C)=O. The van der Waals surface area contributed by atoms with E-state index in [4.69, 9.17) is 4.74 Å². The van der Waals surface area contributed by atoms with Gasteiger partial charge in [0.25, 0.3) is 0 Å². The van der Waals surface area contributed by atoms with Crippen molar-refractivity contribution in [2.24, 2.45) is 4.99 Å². The van der Waals surface area contributed by atoms with Gasteiger partial charge in [0.15, 0.2) is 4.80 Å². The Morgan fingerprint density at radius 1 is 1.25 bits per heavy atom. The fraction of sp³-hybridized carbons (Fsp3) is 0.154. The minimum absolute atomic E-state index is 0.186. The zero-order valence-corrected chi connectivity index (χ0v) is 13.2. The summed E-state index contributed by atoms with van der Waals surface area (Å²) in [5, 5.41) is 1.58. The topological polar surface area (TPSA) is 60.7 Å². The Bertz CT molecular complexity index is 716. The Balaban J connectivity index is 2.51. The van der Waals surface area contributed by atoms with Gasteiger partial charge >= 0.3 is 5.97 Å². The number of benzene rings is 1. The van der Waals surface area contributed by atoms with Gasteiger partial charge in [-0.3, -0.25) is 9.59 Å². The summed E-state index contributed by atoms with van der Waals surface area (Å²) in [7, 11) is 0. The summed E-state index contributed by atoms with van der Waals surface area (Å²) in [6.07, 6.45) is 0. The van der Waals surface area contributed by atoms with E-state index in [0.29, 0.717) is 10.5 Å². The number of aromatic nitrogens is 1. The summed E-state index contributed by atoms with van der Waals surface area (Å²) < 4.78 is 7.21. The molecule has 0 saturated carbocycles. The molecule has 0 bridgehead atoms. The van der Waals surface area contributed by atoms with Crippen LogP contribution >= 0.6 is 27.3 Å². The van der Waals surface area contributed by atoms with Crippen LogP contribution in [-0.2, 0) is 4.79 Å². The molecule has 0 aliphatic rings. The minimum Gasteiger partial charge on any atom is -0.408 e. The third-order valence-corrected chi connectivity index (χ3v) is 3.62. The monoisotopic (exact) mass is 354 g/mol. The Morgan fingerprint density at radius 3 is 2.45 bits per heavy atom. The van der Waals surface area contributed by atoms with Crippen molar-refractivity contribution in [1.29, 1.82) is 0 Å². The first-order valence-corrected chi connectivity index (χ1v) is 7.35. The number of nitrogens with zero attached hydrogens (tertiary/aromatic N) is 2. The molecule has 0 radical (unpaired) electrons. The van der Waals surface area contributed by atoms with Crippen LogP contribution in [0, 0.1) is 0 Å². The zero-order valence-electron chi connectivity index (χ0n) is 10.8. The molecule has 5 nitrogen and oxygen atoms in total. The first-order valence-electron chi connectivity index (χ1n) is 5.67. The van der Waals surface area contributed by atoms with E-state index >= 15 is 0 Å². The summed E-state index contributed by atoms with van der Waals surface area (Å²) in [4.78, 5) is 27.5. The number of hydrogen-bond acceptors (Lipinski definition) is 5. The molecule has 0 amide bonds. The smallest absolute Gasteiger partial charge is 0.309 e. The fourth-order valence-corrected chi connectivity index (χ4v) is 2.62. The highest BCUT2D eigenvalue weighted by Gasteiger charge is 2.12. The third-order valence-electron chi connectivity index (χ3n) is 2.29. The normalized spacial score (nSPS) is 11.4. The minimum atomic E-state index is -0.479. The summed E-state index contributed by atoms with van der Waals surface area (Å²) in [6.45, 7) is 2.67. The van der Waals surface area contributed by atoms with E-state index in [1.165, 1.54) is 29.8 Å². The molecule has 2 rings (SSSR count). The lowest BCUT2D eigenvalue weighted by atomic mass is 10.3. The average molecular weight is 355 g/mol. The van der Waals surface area contributed by atoms with E-state index in [1.807, 2.05) is 24.3 Å². The van der Waals surface area contributed by atoms with Crippen molar-refractivity contribution in [2.45, 2.75) is 13.8 Å². The number of rotatable bonds is 2. The standard InChI is InChI=1S/C13H11BrN2O3S/c1-8(17)16-12(19-9(2)18)7-20-13(16)15-11-5-3-10(14)4-6-11/h3-7H,1-2H3. The second kappa shape index (κ2) is 6.15. The molecule has 1 aromatic carbocycles. The number of esters is 1. The lowest BCUT2D eigenvalue weighted by Gasteiger charge is -2.03. The van der Waals surface area contributed by atoms with Gasteiger partial charge in [0.05, 0.1) is 11.1 Å². The Labute approximate surface area is 127 Å². The van der Waals surface area contributed by atoms with Crippen molar-refractivity contribution in [2.75, 3.05) is 0 Å². The van der Waals surface area contributed by atoms with E-state index in [9.17, 15) is 9.59 Å². The van der Waals surface area contributed by atoms with E-state index in [1.54, 1.807) is 5.38 Å². The molecular weight excluding hydrogens is 344 g/mol. The van der Waals surface area contributed by atoms with Crippen molar-refractivity contribution in [3.8, 4) is 5.88 Å². The molecule has 0 atom stereocenters. The van der Waals surface area contributed by atoms with Gasteiger partial charge in [-0.1, -0.05) is 15.9 Å². The molecule has 0 saturated heterocycles. The van der Waals surface area contributed by atoms with E-state index < -0.39 is 5.97 Å². The zero-order chi connectivity index (χ0) is 14.7. The van der Waals surface area contributed by atoms with Crippen LogP contribution < -0.4 is 9.54 Å². The van der Waals surface area contributed by atoms with E-state index in [2.05, 4.69) is 20.9 Å². The van der Waals surface area contributed by atoms with Gasteiger partial charge in [0.1, 0.15) is 0 Å². The van der Waals surface area contributed by atoms with Crippen LogP contribution in [0.4, 0.5) is 5.69 Å². The molecule has 0 aliphatic heterocycles.